The predicted molar refractivity (Wildman–Crippen MR) is 124 cm³/mol. The summed E-state index contributed by atoms with van der Waals surface area (Å²) in [6.07, 6.45) is 1.62. The zero-order chi connectivity index (χ0) is 23.7. The number of imidazole rings is 1. The van der Waals surface area contributed by atoms with E-state index in [-0.39, 0.29) is 35.4 Å². The molecular formula is C25H28FN5O2. The van der Waals surface area contributed by atoms with Crippen LogP contribution in [0.1, 0.15) is 57.6 Å². The minimum Gasteiger partial charge on any atom is -0.398 e. The summed E-state index contributed by atoms with van der Waals surface area (Å²) in [6, 6.07) is 11.6. The lowest BCUT2D eigenvalue weighted by Crippen LogP contribution is -2.55. The lowest BCUT2D eigenvalue weighted by molar-refractivity contribution is 0.0409. The van der Waals surface area contributed by atoms with Crippen molar-refractivity contribution in [3.05, 3.63) is 82.7 Å². The van der Waals surface area contributed by atoms with Gasteiger partial charge < -0.3 is 20.5 Å². The number of nitrogens with zero attached hydrogens (tertiary/aromatic N) is 3. The van der Waals surface area contributed by atoms with Gasteiger partial charge in [0.1, 0.15) is 5.82 Å². The number of benzene rings is 2. The molecular weight excluding hydrogens is 421 g/mol. The molecule has 33 heavy (non-hydrogen) atoms. The van der Waals surface area contributed by atoms with E-state index in [1.807, 2.05) is 32.9 Å². The zero-order valence-electron chi connectivity index (χ0n) is 19.0. The van der Waals surface area contributed by atoms with Gasteiger partial charge in [-0.3, -0.25) is 9.59 Å². The molecule has 2 atom stereocenters. The van der Waals surface area contributed by atoms with Crippen molar-refractivity contribution in [2.45, 2.75) is 32.7 Å². The quantitative estimate of drug-likeness (QED) is 0.595. The van der Waals surface area contributed by atoms with E-state index in [4.69, 9.17) is 5.73 Å². The third-order valence-electron chi connectivity index (χ3n) is 6.31. The van der Waals surface area contributed by atoms with Crippen molar-refractivity contribution in [3.63, 3.8) is 0 Å². The largest absolute Gasteiger partial charge is 0.398 e. The van der Waals surface area contributed by atoms with Gasteiger partial charge in [-0.2, -0.15) is 0 Å². The van der Waals surface area contributed by atoms with Crippen molar-refractivity contribution in [1.29, 1.82) is 0 Å². The van der Waals surface area contributed by atoms with Crippen LogP contribution in [0.5, 0.6) is 0 Å². The van der Waals surface area contributed by atoms with Gasteiger partial charge in [0.2, 0.25) is 0 Å². The van der Waals surface area contributed by atoms with E-state index in [1.54, 1.807) is 34.2 Å². The van der Waals surface area contributed by atoms with Crippen LogP contribution in [0, 0.1) is 12.7 Å². The first kappa shape index (κ1) is 22.5. The van der Waals surface area contributed by atoms with Crippen LogP contribution in [0.25, 0.3) is 0 Å². The normalized spacial score (nSPS) is 17.2. The Hall–Kier alpha value is -3.68. The van der Waals surface area contributed by atoms with E-state index in [0.717, 1.165) is 16.8 Å². The Morgan fingerprint density at radius 3 is 2.67 bits per heavy atom. The molecule has 7 nitrogen and oxygen atoms in total. The van der Waals surface area contributed by atoms with E-state index < -0.39 is 0 Å². The molecule has 2 unspecified atom stereocenters. The molecule has 2 aromatic carbocycles. The van der Waals surface area contributed by atoms with E-state index in [2.05, 4.69) is 9.97 Å². The fourth-order valence-corrected chi connectivity index (χ4v) is 4.15. The van der Waals surface area contributed by atoms with Crippen LogP contribution in [-0.4, -0.2) is 57.3 Å². The van der Waals surface area contributed by atoms with Gasteiger partial charge in [-0.15, -0.1) is 0 Å². The SMILES string of the molecule is Cc1ccc(C(=O)N2CCN(C(=O)c3ncc(C(C)c4cccc(F)c4)[nH]3)CC2C)cc1N. The standard InChI is InChI=1S/C25H28FN5O2/c1-15-7-8-19(12-21(15)27)24(32)31-10-9-30(14-16(31)2)25(33)23-28-13-22(29-23)17(3)18-5-4-6-20(26)11-18/h4-8,11-13,16-17H,9-10,14,27H2,1-3H3,(H,28,29). The minimum absolute atomic E-state index is 0.0921. The van der Waals surface area contributed by atoms with Crippen molar-refractivity contribution < 1.29 is 14.0 Å². The van der Waals surface area contributed by atoms with Gasteiger partial charge in [-0.05, 0) is 49.2 Å². The van der Waals surface area contributed by atoms with Gasteiger partial charge in [-0.25, -0.2) is 9.37 Å². The second-order valence-electron chi connectivity index (χ2n) is 8.63. The number of amides is 2. The Balaban J connectivity index is 1.42. The summed E-state index contributed by atoms with van der Waals surface area (Å²) >= 11 is 0. The number of nitrogens with two attached hydrogens (primary N) is 1. The van der Waals surface area contributed by atoms with E-state index in [1.165, 1.54) is 12.1 Å². The van der Waals surface area contributed by atoms with Crippen molar-refractivity contribution in [3.8, 4) is 0 Å². The molecule has 2 heterocycles. The van der Waals surface area contributed by atoms with Gasteiger partial charge in [0.05, 0.1) is 0 Å². The first-order valence-electron chi connectivity index (χ1n) is 11.0. The van der Waals surface area contributed by atoms with Crippen LogP contribution < -0.4 is 5.73 Å². The molecule has 0 radical (unpaired) electrons. The van der Waals surface area contributed by atoms with E-state index in [0.29, 0.717) is 30.9 Å². The third kappa shape index (κ3) is 4.60. The number of aromatic nitrogens is 2. The highest BCUT2D eigenvalue weighted by Gasteiger charge is 2.32. The molecule has 2 amide bonds. The molecule has 1 aromatic heterocycles. The molecule has 1 aliphatic heterocycles. The molecule has 1 fully saturated rings. The highest BCUT2D eigenvalue weighted by atomic mass is 19.1. The lowest BCUT2D eigenvalue weighted by Gasteiger charge is -2.39. The second kappa shape index (κ2) is 9.05. The van der Waals surface area contributed by atoms with Gasteiger partial charge in [0.15, 0.2) is 5.82 Å². The van der Waals surface area contributed by atoms with Crippen molar-refractivity contribution in [1.82, 2.24) is 19.8 Å². The first-order chi connectivity index (χ1) is 15.7. The summed E-state index contributed by atoms with van der Waals surface area (Å²) in [5, 5.41) is 0. The molecule has 0 spiro atoms. The number of carbonyl (C=O) groups excluding carboxylic acids is 2. The molecule has 1 saturated heterocycles. The number of nitrogens with one attached hydrogen (secondary N) is 1. The summed E-state index contributed by atoms with van der Waals surface area (Å²) in [5.41, 5.74) is 9.57. The summed E-state index contributed by atoms with van der Waals surface area (Å²) in [4.78, 5) is 36.9. The molecule has 1 aliphatic rings. The Bertz CT molecular complexity index is 1190. The molecule has 3 N–H and O–H groups in total. The van der Waals surface area contributed by atoms with Crippen LogP contribution in [-0.2, 0) is 0 Å². The van der Waals surface area contributed by atoms with Gasteiger partial charge >= 0.3 is 0 Å². The number of hydrogen-bond donors (Lipinski definition) is 2. The Morgan fingerprint density at radius 1 is 1.18 bits per heavy atom. The number of rotatable bonds is 4. The minimum atomic E-state index is -0.301. The average molecular weight is 450 g/mol. The van der Waals surface area contributed by atoms with Crippen molar-refractivity contribution in [2.24, 2.45) is 0 Å². The predicted octanol–water partition coefficient (Wildman–Crippen LogP) is 3.58. The van der Waals surface area contributed by atoms with Gasteiger partial charge in [-0.1, -0.05) is 25.1 Å². The van der Waals surface area contributed by atoms with Crippen LogP contribution in [0.3, 0.4) is 0 Å². The molecule has 4 rings (SSSR count). The van der Waals surface area contributed by atoms with Crippen LogP contribution >= 0.6 is 0 Å². The Labute approximate surface area is 192 Å². The fourth-order valence-electron chi connectivity index (χ4n) is 4.15. The molecule has 8 heteroatoms. The number of H-pyrrole nitrogens is 1. The Kier molecular flexibility index (Phi) is 6.18. The molecule has 3 aromatic rings. The third-order valence-corrected chi connectivity index (χ3v) is 6.31. The number of aromatic amines is 1. The molecule has 0 aliphatic carbocycles. The molecule has 0 saturated carbocycles. The highest BCUT2D eigenvalue weighted by Crippen LogP contribution is 2.24. The van der Waals surface area contributed by atoms with Crippen molar-refractivity contribution >= 4 is 17.5 Å². The summed E-state index contributed by atoms with van der Waals surface area (Å²) in [7, 11) is 0. The van der Waals surface area contributed by atoms with E-state index in [9.17, 15) is 14.0 Å². The summed E-state index contributed by atoms with van der Waals surface area (Å²) in [5.74, 6) is -0.502. The fraction of sp³-hybridized carbons (Fsp3) is 0.320. The molecule has 172 valence electrons. The van der Waals surface area contributed by atoms with Crippen LogP contribution in [0.4, 0.5) is 10.1 Å². The van der Waals surface area contributed by atoms with E-state index >= 15 is 0 Å². The number of piperazine rings is 1. The smallest absolute Gasteiger partial charge is 0.289 e. The maximum Gasteiger partial charge on any atom is 0.289 e. The highest BCUT2D eigenvalue weighted by molar-refractivity contribution is 5.96. The monoisotopic (exact) mass is 449 g/mol. The number of aryl methyl sites for hydroxylation is 1. The number of hydrogen-bond acceptors (Lipinski definition) is 4. The Morgan fingerprint density at radius 2 is 1.97 bits per heavy atom. The lowest BCUT2D eigenvalue weighted by atomic mass is 9.98. The first-order valence-corrected chi connectivity index (χ1v) is 11.0. The number of carbonyl (C=O) groups is 2. The summed E-state index contributed by atoms with van der Waals surface area (Å²) < 4.78 is 13.6. The van der Waals surface area contributed by atoms with Crippen molar-refractivity contribution in [2.75, 3.05) is 25.4 Å². The maximum absolute atomic E-state index is 13.6. The molecule has 0 bridgehead atoms. The van der Waals surface area contributed by atoms with Gasteiger partial charge in [0.25, 0.3) is 11.8 Å². The van der Waals surface area contributed by atoms with Crippen LogP contribution in [0.2, 0.25) is 0 Å². The number of nitrogen functional groups attached to an aromatic ring is 1. The zero-order valence-corrected chi connectivity index (χ0v) is 19.0. The summed E-state index contributed by atoms with van der Waals surface area (Å²) in [6.45, 7) is 6.99. The second-order valence-corrected chi connectivity index (χ2v) is 8.63. The van der Waals surface area contributed by atoms with Crippen LogP contribution in [0.15, 0.2) is 48.7 Å². The maximum atomic E-state index is 13.6. The number of halogens is 1. The average Bonchev–Trinajstić information content (AvgIpc) is 3.29. The van der Waals surface area contributed by atoms with Gasteiger partial charge in [0, 0.05) is 54.7 Å². The topological polar surface area (TPSA) is 95.3 Å². The number of anilines is 1.